The lowest BCUT2D eigenvalue weighted by Crippen LogP contribution is -2.27. The van der Waals surface area contributed by atoms with Crippen molar-refractivity contribution in [2.75, 3.05) is 7.11 Å². The van der Waals surface area contributed by atoms with Crippen LogP contribution in [0.4, 0.5) is 9.18 Å². The molecule has 2 aromatic carbocycles. The molecule has 1 fully saturated rings. The smallest absolute Gasteiger partial charge is 0.293 e. The Bertz CT molecular complexity index is 835. The Morgan fingerprint density at radius 1 is 1.12 bits per heavy atom. The molecule has 4 nitrogen and oxygen atoms in total. The average molecular weight is 343 g/mol. The van der Waals surface area contributed by atoms with Gasteiger partial charge in [-0.2, -0.15) is 0 Å². The molecule has 3 rings (SSSR count). The number of benzene rings is 2. The lowest BCUT2D eigenvalue weighted by Gasteiger charge is -2.12. The highest BCUT2D eigenvalue weighted by atomic mass is 32.2. The molecule has 0 atom stereocenters. The number of rotatable bonds is 4. The zero-order valence-electron chi connectivity index (χ0n) is 12.9. The van der Waals surface area contributed by atoms with E-state index in [1.807, 2.05) is 12.1 Å². The second-order valence-corrected chi connectivity index (χ2v) is 6.09. The fourth-order valence-electron chi connectivity index (χ4n) is 2.36. The number of amides is 2. The molecule has 6 heteroatoms. The number of thioether (sulfide) groups is 1. The summed E-state index contributed by atoms with van der Waals surface area (Å²) in [4.78, 5) is 26.0. The van der Waals surface area contributed by atoms with Gasteiger partial charge in [0.05, 0.1) is 18.6 Å². The molecule has 24 heavy (non-hydrogen) atoms. The summed E-state index contributed by atoms with van der Waals surface area (Å²) < 4.78 is 19.0. The van der Waals surface area contributed by atoms with E-state index in [2.05, 4.69) is 0 Å². The van der Waals surface area contributed by atoms with Crippen LogP contribution in [0, 0.1) is 5.82 Å². The Labute approximate surface area is 142 Å². The number of hydrogen-bond donors (Lipinski definition) is 0. The predicted octanol–water partition coefficient (Wildman–Crippen LogP) is 4.07. The molecule has 0 spiro atoms. The topological polar surface area (TPSA) is 46.6 Å². The Balaban J connectivity index is 1.86. The molecule has 1 aliphatic rings. The van der Waals surface area contributed by atoms with E-state index in [1.165, 1.54) is 13.2 Å². The van der Waals surface area contributed by atoms with Crippen molar-refractivity contribution in [1.82, 2.24) is 4.90 Å². The van der Waals surface area contributed by atoms with Crippen LogP contribution in [-0.4, -0.2) is 23.2 Å². The number of imide groups is 1. The van der Waals surface area contributed by atoms with E-state index in [-0.39, 0.29) is 6.54 Å². The summed E-state index contributed by atoms with van der Waals surface area (Å²) in [5.74, 6) is -0.261. The van der Waals surface area contributed by atoms with Gasteiger partial charge in [-0.05, 0) is 30.0 Å². The van der Waals surface area contributed by atoms with E-state index in [9.17, 15) is 14.0 Å². The average Bonchev–Trinajstić information content (AvgIpc) is 2.85. The summed E-state index contributed by atoms with van der Waals surface area (Å²) in [5, 5.41) is -0.413. The van der Waals surface area contributed by atoms with Crippen LogP contribution in [0.3, 0.4) is 0 Å². The van der Waals surface area contributed by atoms with Crippen LogP contribution in [0.1, 0.15) is 11.1 Å². The summed E-state index contributed by atoms with van der Waals surface area (Å²) in [6, 6.07) is 13.3. The van der Waals surface area contributed by atoms with Crippen molar-refractivity contribution in [2.24, 2.45) is 0 Å². The minimum atomic E-state index is -0.440. The summed E-state index contributed by atoms with van der Waals surface area (Å²) in [6.07, 6.45) is 1.62. The van der Waals surface area contributed by atoms with E-state index < -0.39 is 17.0 Å². The summed E-state index contributed by atoms with van der Waals surface area (Å²) in [5.41, 5.74) is 1.01. The first-order valence-electron chi connectivity index (χ1n) is 7.22. The molecular formula is C18H14FNO3S. The van der Waals surface area contributed by atoms with Crippen molar-refractivity contribution in [3.8, 4) is 5.75 Å². The molecule has 0 bridgehead atoms. The molecule has 1 heterocycles. The molecule has 2 amide bonds. The molecule has 0 unspecified atom stereocenters. The fraction of sp³-hybridized carbons (Fsp3) is 0.111. The number of nitrogens with zero attached hydrogens (tertiary/aromatic N) is 1. The minimum Gasteiger partial charge on any atom is -0.496 e. The molecule has 1 saturated heterocycles. The van der Waals surface area contributed by atoms with Gasteiger partial charge in [0, 0.05) is 11.1 Å². The Morgan fingerprint density at radius 2 is 1.83 bits per heavy atom. The van der Waals surface area contributed by atoms with Gasteiger partial charge in [-0.1, -0.05) is 36.4 Å². The van der Waals surface area contributed by atoms with Crippen LogP contribution in [0.5, 0.6) is 5.75 Å². The number of methoxy groups -OCH3 is 1. The number of carbonyl (C=O) groups excluding carboxylic acids is 2. The molecule has 0 N–H and O–H groups in total. The molecule has 122 valence electrons. The molecule has 0 aliphatic carbocycles. The number of para-hydroxylation sites is 1. The maximum Gasteiger partial charge on any atom is 0.293 e. The van der Waals surface area contributed by atoms with Gasteiger partial charge in [-0.25, -0.2) is 4.39 Å². The number of halogens is 1. The standard InChI is InChI=1S/C18H14FNO3S/c1-23-15-9-5-3-6-12(15)10-16-17(21)20(18(22)24-16)11-13-7-2-4-8-14(13)19/h2-10H,11H2,1H3/b16-10-. The third-order valence-corrected chi connectivity index (χ3v) is 4.49. The van der Waals surface area contributed by atoms with Crippen molar-refractivity contribution in [1.29, 1.82) is 0 Å². The SMILES string of the molecule is COc1ccccc1/C=C1\SC(=O)N(Cc2ccccc2F)C1=O. The summed E-state index contributed by atoms with van der Waals surface area (Å²) >= 11 is 0.841. The first-order valence-corrected chi connectivity index (χ1v) is 8.03. The van der Waals surface area contributed by atoms with Gasteiger partial charge in [-0.3, -0.25) is 14.5 Å². The summed E-state index contributed by atoms with van der Waals surface area (Å²) in [6.45, 7) is -0.0827. The lowest BCUT2D eigenvalue weighted by atomic mass is 10.1. The molecular weight excluding hydrogens is 329 g/mol. The predicted molar refractivity (Wildman–Crippen MR) is 90.9 cm³/mol. The van der Waals surface area contributed by atoms with Crippen molar-refractivity contribution in [2.45, 2.75) is 6.54 Å². The van der Waals surface area contributed by atoms with Crippen molar-refractivity contribution in [3.05, 3.63) is 70.4 Å². The van der Waals surface area contributed by atoms with E-state index in [1.54, 1.807) is 36.4 Å². The van der Waals surface area contributed by atoms with Crippen LogP contribution in [-0.2, 0) is 11.3 Å². The third-order valence-electron chi connectivity index (χ3n) is 3.59. The molecule has 1 aliphatic heterocycles. The van der Waals surface area contributed by atoms with Gasteiger partial charge in [0.25, 0.3) is 11.1 Å². The number of carbonyl (C=O) groups is 2. The van der Waals surface area contributed by atoms with E-state index in [0.29, 0.717) is 21.8 Å². The zero-order valence-corrected chi connectivity index (χ0v) is 13.7. The largest absolute Gasteiger partial charge is 0.496 e. The maximum atomic E-state index is 13.8. The van der Waals surface area contributed by atoms with E-state index >= 15 is 0 Å². The van der Waals surface area contributed by atoms with Crippen LogP contribution in [0.25, 0.3) is 6.08 Å². The normalized spacial score (nSPS) is 16.1. The highest BCUT2D eigenvalue weighted by Gasteiger charge is 2.35. The Kier molecular flexibility index (Phi) is 4.66. The highest BCUT2D eigenvalue weighted by Crippen LogP contribution is 2.34. The second kappa shape index (κ2) is 6.88. The van der Waals surface area contributed by atoms with Gasteiger partial charge < -0.3 is 4.74 Å². The van der Waals surface area contributed by atoms with Crippen LogP contribution in [0.2, 0.25) is 0 Å². The summed E-state index contributed by atoms with van der Waals surface area (Å²) in [7, 11) is 1.54. The molecule has 0 aromatic heterocycles. The maximum absolute atomic E-state index is 13.8. The third kappa shape index (κ3) is 3.19. The lowest BCUT2D eigenvalue weighted by molar-refractivity contribution is -0.123. The van der Waals surface area contributed by atoms with Gasteiger partial charge in [0.2, 0.25) is 0 Å². The van der Waals surface area contributed by atoms with Crippen molar-refractivity contribution < 1.29 is 18.7 Å². The van der Waals surface area contributed by atoms with Crippen LogP contribution < -0.4 is 4.74 Å². The zero-order chi connectivity index (χ0) is 17.1. The van der Waals surface area contributed by atoms with Crippen molar-refractivity contribution >= 4 is 29.0 Å². The van der Waals surface area contributed by atoms with Gasteiger partial charge in [-0.15, -0.1) is 0 Å². The van der Waals surface area contributed by atoms with Gasteiger partial charge >= 0.3 is 0 Å². The van der Waals surface area contributed by atoms with E-state index in [0.717, 1.165) is 16.7 Å². The first-order chi connectivity index (χ1) is 11.6. The minimum absolute atomic E-state index is 0.0827. The number of ether oxygens (including phenoxy) is 1. The Hall–Kier alpha value is -2.60. The fourth-order valence-corrected chi connectivity index (χ4v) is 3.19. The quantitative estimate of drug-likeness (QED) is 0.785. The molecule has 2 aromatic rings. The first kappa shape index (κ1) is 16.3. The molecule has 0 radical (unpaired) electrons. The second-order valence-electron chi connectivity index (χ2n) is 5.10. The van der Waals surface area contributed by atoms with Crippen LogP contribution >= 0.6 is 11.8 Å². The highest BCUT2D eigenvalue weighted by molar-refractivity contribution is 8.18. The van der Waals surface area contributed by atoms with Gasteiger partial charge in [0.15, 0.2) is 0 Å². The van der Waals surface area contributed by atoms with Crippen molar-refractivity contribution in [3.63, 3.8) is 0 Å². The number of hydrogen-bond acceptors (Lipinski definition) is 4. The van der Waals surface area contributed by atoms with Crippen LogP contribution in [0.15, 0.2) is 53.4 Å². The monoisotopic (exact) mass is 343 g/mol. The van der Waals surface area contributed by atoms with E-state index in [4.69, 9.17) is 4.74 Å². The molecule has 0 saturated carbocycles. The van der Waals surface area contributed by atoms with Gasteiger partial charge in [0.1, 0.15) is 11.6 Å². The Morgan fingerprint density at radius 3 is 2.58 bits per heavy atom.